The van der Waals surface area contributed by atoms with E-state index in [2.05, 4.69) is 14.8 Å². The molecule has 6 rings (SSSR count). The van der Waals surface area contributed by atoms with E-state index in [1.54, 1.807) is 0 Å². The molecule has 0 spiro atoms. The zero-order valence-electron chi connectivity index (χ0n) is 18.9. The molecular formula is C24H32N4O4. The molecule has 0 radical (unpaired) electrons. The fourth-order valence-corrected chi connectivity index (χ4v) is 6.63. The van der Waals surface area contributed by atoms with Crippen LogP contribution < -0.4 is 4.90 Å². The first-order valence-corrected chi connectivity index (χ1v) is 11.8. The Balaban J connectivity index is 1.11. The third kappa shape index (κ3) is 3.53. The zero-order chi connectivity index (χ0) is 22.5. The number of imide groups is 1. The third-order valence-electron chi connectivity index (χ3n) is 7.98. The van der Waals surface area contributed by atoms with Crippen molar-refractivity contribution in [3.8, 4) is 0 Å². The zero-order valence-corrected chi connectivity index (χ0v) is 18.9. The summed E-state index contributed by atoms with van der Waals surface area (Å²) in [4.78, 5) is 53.5. The summed E-state index contributed by atoms with van der Waals surface area (Å²) in [7, 11) is 0. The van der Waals surface area contributed by atoms with Crippen molar-refractivity contribution < 1.29 is 19.2 Å². The van der Waals surface area contributed by atoms with Crippen molar-refractivity contribution in [1.29, 1.82) is 0 Å². The van der Waals surface area contributed by atoms with Crippen LogP contribution in [0.2, 0.25) is 0 Å². The van der Waals surface area contributed by atoms with Gasteiger partial charge >= 0.3 is 0 Å². The second kappa shape index (κ2) is 8.23. The summed E-state index contributed by atoms with van der Waals surface area (Å²) in [5, 5.41) is 0.996. The number of hydrogen-bond donors (Lipinski definition) is 0. The number of rotatable bonds is 6. The lowest BCUT2D eigenvalue weighted by Gasteiger charge is -2.52. The average molecular weight is 441 g/mol. The minimum absolute atomic E-state index is 0.139. The van der Waals surface area contributed by atoms with Crippen LogP contribution in [0.4, 0.5) is 5.82 Å². The molecule has 3 aliphatic carbocycles. The molecule has 5 aliphatic rings. The van der Waals surface area contributed by atoms with Gasteiger partial charge in [0.1, 0.15) is 11.6 Å². The van der Waals surface area contributed by atoms with Gasteiger partial charge in [-0.3, -0.25) is 24.1 Å². The molecule has 2 saturated heterocycles. The number of carbonyl (C=O) groups excluding carboxylic acids is 3. The van der Waals surface area contributed by atoms with Crippen LogP contribution in [-0.2, 0) is 19.2 Å². The largest absolute Gasteiger partial charge is 0.354 e. The Hall–Kier alpha value is -2.32. The van der Waals surface area contributed by atoms with E-state index in [9.17, 15) is 14.4 Å². The molecule has 1 aromatic heterocycles. The number of aromatic nitrogens is 1. The number of hydroxylamine groups is 2. The van der Waals surface area contributed by atoms with E-state index in [0.29, 0.717) is 13.0 Å². The van der Waals surface area contributed by atoms with Crippen LogP contribution in [0.25, 0.3) is 0 Å². The van der Waals surface area contributed by atoms with Crippen molar-refractivity contribution in [3.05, 3.63) is 24.4 Å². The molecule has 2 bridgehead atoms. The Morgan fingerprint density at radius 1 is 1.09 bits per heavy atom. The van der Waals surface area contributed by atoms with Crippen molar-refractivity contribution in [2.75, 3.05) is 44.2 Å². The number of amides is 2. The van der Waals surface area contributed by atoms with Crippen molar-refractivity contribution in [3.63, 3.8) is 0 Å². The molecule has 5 fully saturated rings. The minimum Gasteiger partial charge on any atom is -0.354 e. The van der Waals surface area contributed by atoms with Gasteiger partial charge in [-0.05, 0) is 36.3 Å². The van der Waals surface area contributed by atoms with E-state index < -0.39 is 17.3 Å². The first-order chi connectivity index (χ1) is 15.4. The van der Waals surface area contributed by atoms with Crippen molar-refractivity contribution in [1.82, 2.24) is 14.9 Å². The molecule has 3 saturated carbocycles. The fraction of sp³-hybridized carbons (Fsp3) is 0.667. The van der Waals surface area contributed by atoms with Gasteiger partial charge in [0.25, 0.3) is 11.8 Å². The minimum atomic E-state index is -0.530. The van der Waals surface area contributed by atoms with Crippen LogP contribution in [0.5, 0.6) is 0 Å². The lowest BCUT2D eigenvalue weighted by atomic mass is 9.48. The number of pyridine rings is 1. The van der Waals surface area contributed by atoms with Gasteiger partial charge in [0, 0.05) is 51.3 Å². The first kappa shape index (κ1) is 21.5. The van der Waals surface area contributed by atoms with Gasteiger partial charge in [-0.15, -0.1) is 0 Å². The number of ketones is 1. The second-order valence-electron chi connectivity index (χ2n) is 10.2. The Morgan fingerprint density at radius 2 is 1.88 bits per heavy atom. The lowest BCUT2D eigenvalue weighted by molar-refractivity contribution is -0.190. The molecule has 0 aromatic carbocycles. The van der Waals surface area contributed by atoms with E-state index >= 15 is 0 Å². The predicted molar refractivity (Wildman–Crippen MR) is 117 cm³/mol. The number of nitrogens with zero attached hydrogens (tertiary/aromatic N) is 4. The fourth-order valence-electron chi connectivity index (χ4n) is 6.63. The molecule has 32 heavy (non-hydrogen) atoms. The normalized spacial score (nSPS) is 35.0. The molecule has 1 aromatic rings. The molecule has 3 unspecified atom stereocenters. The topological polar surface area (TPSA) is 83.1 Å². The molecule has 0 N–H and O–H groups in total. The van der Waals surface area contributed by atoms with Crippen LogP contribution in [-0.4, -0.2) is 71.9 Å². The van der Waals surface area contributed by atoms with E-state index in [1.165, 1.54) is 0 Å². The smallest absolute Gasteiger partial charge is 0.258 e. The van der Waals surface area contributed by atoms with Crippen LogP contribution in [0.3, 0.4) is 0 Å². The van der Waals surface area contributed by atoms with Gasteiger partial charge < -0.3 is 4.90 Å². The van der Waals surface area contributed by atoms with Gasteiger partial charge in [-0.2, -0.15) is 5.06 Å². The number of carbonyl (C=O) groups is 3. The first-order valence-electron chi connectivity index (χ1n) is 11.8. The highest BCUT2D eigenvalue weighted by molar-refractivity contribution is 6.08. The maximum atomic E-state index is 13.1. The highest BCUT2D eigenvalue weighted by Gasteiger charge is 2.67. The SMILES string of the molecule is CC1C[C@]2(C)CC(=O)[C@H]1C1C(=O)N(OCCCN3CCN(c4ccccn4)CC3)C(=O)C12. The van der Waals surface area contributed by atoms with E-state index in [-0.39, 0.29) is 29.4 Å². The van der Waals surface area contributed by atoms with Gasteiger partial charge in [-0.1, -0.05) is 19.9 Å². The van der Waals surface area contributed by atoms with Crippen LogP contribution >= 0.6 is 0 Å². The Labute approximate surface area is 188 Å². The number of hydrogen-bond acceptors (Lipinski definition) is 7. The maximum absolute atomic E-state index is 13.1. The molecule has 8 heteroatoms. The molecule has 2 aliphatic heterocycles. The highest BCUT2D eigenvalue weighted by Crippen LogP contribution is 2.60. The monoisotopic (exact) mass is 440 g/mol. The number of piperazine rings is 1. The highest BCUT2D eigenvalue weighted by atomic mass is 16.7. The summed E-state index contributed by atoms with van der Waals surface area (Å²) in [6.45, 7) is 8.95. The Morgan fingerprint density at radius 3 is 2.56 bits per heavy atom. The number of anilines is 1. The summed E-state index contributed by atoms with van der Waals surface area (Å²) in [6, 6.07) is 5.96. The van der Waals surface area contributed by atoms with Crippen LogP contribution in [0.15, 0.2) is 24.4 Å². The quantitative estimate of drug-likeness (QED) is 0.492. The van der Waals surface area contributed by atoms with E-state index in [1.807, 2.05) is 38.2 Å². The number of Topliss-reactive ketones (excluding diaryl/α,β-unsaturated/α-hetero) is 1. The second-order valence-corrected chi connectivity index (χ2v) is 10.2. The molecule has 8 nitrogen and oxygen atoms in total. The molecule has 2 amide bonds. The molecular weight excluding hydrogens is 408 g/mol. The summed E-state index contributed by atoms with van der Waals surface area (Å²) >= 11 is 0. The van der Waals surface area contributed by atoms with Gasteiger partial charge in [0.05, 0.1) is 18.4 Å². The molecule has 3 heterocycles. The maximum Gasteiger partial charge on any atom is 0.258 e. The summed E-state index contributed by atoms with van der Waals surface area (Å²) < 4.78 is 0. The van der Waals surface area contributed by atoms with Gasteiger partial charge in [0.2, 0.25) is 0 Å². The van der Waals surface area contributed by atoms with Gasteiger partial charge in [-0.25, -0.2) is 4.98 Å². The summed E-state index contributed by atoms with van der Waals surface area (Å²) in [5.41, 5.74) is -0.423. The van der Waals surface area contributed by atoms with Crippen molar-refractivity contribution >= 4 is 23.4 Å². The Kier molecular flexibility index (Phi) is 5.53. The van der Waals surface area contributed by atoms with Crippen LogP contribution in [0.1, 0.15) is 33.1 Å². The summed E-state index contributed by atoms with van der Waals surface area (Å²) in [6.07, 6.45) is 3.78. The van der Waals surface area contributed by atoms with E-state index in [4.69, 9.17) is 4.84 Å². The summed E-state index contributed by atoms with van der Waals surface area (Å²) in [5.74, 6) is -0.522. The number of fused-ring (bicyclic) bond motifs is 2. The van der Waals surface area contributed by atoms with Crippen molar-refractivity contribution in [2.24, 2.45) is 29.1 Å². The van der Waals surface area contributed by atoms with Crippen molar-refractivity contribution in [2.45, 2.75) is 33.1 Å². The standard InChI is InChI=1S/C24H32N4O4/c1-16-14-24(2)15-17(29)19(16)20-21(24)23(31)28(22(20)30)32-13-5-8-26-9-11-27(12-10-26)18-6-3-4-7-25-18/h3-4,6-7,16,19-21H,5,8-15H2,1-2H3/t16?,19-,20?,21?,24+/m0/s1. The third-order valence-corrected chi connectivity index (χ3v) is 7.98. The molecule has 5 atom stereocenters. The molecule has 172 valence electrons. The predicted octanol–water partition coefficient (Wildman–Crippen LogP) is 1.76. The van der Waals surface area contributed by atoms with Gasteiger partial charge in [0.15, 0.2) is 0 Å². The van der Waals surface area contributed by atoms with Crippen LogP contribution in [0, 0.1) is 29.1 Å². The average Bonchev–Trinajstić information content (AvgIpc) is 3.03. The Bertz CT molecular complexity index is 901. The van der Waals surface area contributed by atoms with E-state index in [0.717, 1.165) is 56.4 Å². The lowest BCUT2D eigenvalue weighted by Crippen LogP contribution is -2.56.